The van der Waals surface area contributed by atoms with E-state index in [4.69, 9.17) is 4.74 Å². The fourth-order valence-corrected chi connectivity index (χ4v) is 4.78. The van der Waals surface area contributed by atoms with Crippen LogP contribution >= 0.6 is 15.9 Å². The average Bonchev–Trinajstić information content (AvgIpc) is 2.84. The second-order valence-corrected chi connectivity index (χ2v) is 8.51. The van der Waals surface area contributed by atoms with E-state index >= 15 is 0 Å². The molecule has 3 aromatic rings. The first-order valence-corrected chi connectivity index (χ1v) is 11.5. The minimum absolute atomic E-state index is 0.207. The molecule has 1 N–H and O–H groups in total. The van der Waals surface area contributed by atoms with Crippen LogP contribution in [-0.4, -0.2) is 50.0 Å². The van der Waals surface area contributed by atoms with Gasteiger partial charge in [-0.05, 0) is 57.0 Å². The van der Waals surface area contributed by atoms with Gasteiger partial charge in [0.25, 0.3) is 5.91 Å². The standard InChI is InChI=1S/C25H26BrN3O3/c1-3-22(30)29-14-12-28(13-15-29)19-10-8-18(9-11-19)27-25(31)21-16-17-6-4-5-7-20(17)23(26)24(21)32-2/h4-11,16H,3,12-15H2,1-2H3,(H,27,31). The summed E-state index contributed by atoms with van der Waals surface area (Å²) in [5.74, 6) is 0.489. The first-order chi connectivity index (χ1) is 15.5. The van der Waals surface area contributed by atoms with Gasteiger partial charge in [-0.2, -0.15) is 0 Å². The number of methoxy groups -OCH3 is 1. The van der Waals surface area contributed by atoms with Crippen LogP contribution in [0.1, 0.15) is 23.7 Å². The van der Waals surface area contributed by atoms with Crippen LogP contribution in [0.5, 0.6) is 5.75 Å². The lowest BCUT2D eigenvalue weighted by molar-refractivity contribution is -0.131. The van der Waals surface area contributed by atoms with Crippen LogP contribution in [0.3, 0.4) is 0 Å². The highest BCUT2D eigenvalue weighted by Crippen LogP contribution is 2.37. The number of hydrogen-bond donors (Lipinski definition) is 1. The van der Waals surface area contributed by atoms with Crippen LogP contribution in [0, 0.1) is 0 Å². The van der Waals surface area contributed by atoms with E-state index in [0.717, 1.165) is 47.1 Å². The van der Waals surface area contributed by atoms with Gasteiger partial charge in [0.1, 0.15) is 5.75 Å². The van der Waals surface area contributed by atoms with Crippen LogP contribution in [0.2, 0.25) is 0 Å². The predicted octanol–water partition coefficient (Wildman–Crippen LogP) is 4.92. The molecule has 3 aromatic carbocycles. The zero-order valence-electron chi connectivity index (χ0n) is 18.2. The third-order valence-corrected chi connectivity index (χ3v) is 6.60. The lowest BCUT2D eigenvalue weighted by Crippen LogP contribution is -2.48. The summed E-state index contributed by atoms with van der Waals surface area (Å²) in [6.07, 6.45) is 0.549. The van der Waals surface area contributed by atoms with E-state index in [2.05, 4.69) is 26.1 Å². The van der Waals surface area contributed by atoms with Crippen LogP contribution in [0.4, 0.5) is 11.4 Å². The maximum Gasteiger partial charge on any atom is 0.259 e. The SMILES string of the molecule is CCC(=O)N1CCN(c2ccc(NC(=O)c3cc4ccccc4c(Br)c3OC)cc2)CC1. The van der Waals surface area contributed by atoms with Gasteiger partial charge in [-0.1, -0.05) is 31.2 Å². The number of hydrogen-bond acceptors (Lipinski definition) is 4. The van der Waals surface area contributed by atoms with E-state index in [1.165, 1.54) is 0 Å². The largest absolute Gasteiger partial charge is 0.495 e. The minimum atomic E-state index is -0.229. The van der Waals surface area contributed by atoms with Gasteiger partial charge in [-0.3, -0.25) is 9.59 Å². The molecule has 1 aliphatic rings. The van der Waals surface area contributed by atoms with Crippen LogP contribution < -0.4 is 15.0 Å². The fraction of sp³-hybridized carbons (Fsp3) is 0.280. The molecule has 0 aromatic heterocycles. The molecule has 0 aliphatic carbocycles. The number of benzene rings is 3. The van der Waals surface area contributed by atoms with Crippen molar-refractivity contribution in [2.45, 2.75) is 13.3 Å². The molecule has 7 heteroatoms. The number of anilines is 2. The quantitative estimate of drug-likeness (QED) is 0.545. The molecule has 0 atom stereocenters. The summed E-state index contributed by atoms with van der Waals surface area (Å²) >= 11 is 3.58. The molecule has 0 unspecified atom stereocenters. The number of carbonyl (C=O) groups is 2. The second-order valence-electron chi connectivity index (χ2n) is 7.71. The summed E-state index contributed by atoms with van der Waals surface area (Å²) < 4.78 is 6.30. The Morgan fingerprint density at radius 2 is 1.72 bits per heavy atom. The Kier molecular flexibility index (Phi) is 6.65. The van der Waals surface area contributed by atoms with Crippen LogP contribution in [0.25, 0.3) is 10.8 Å². The van der Waals surface area contributed by atoms with Crippen molar-refractivity contribution in [2.75, 3.05) is 43.5 Å². The van der Waals surface area contributed by atoms with E-state index in [0.29, 0.717) is 23.4 Å². The summed E-state index contributed by atoms with van der Waals surface area (Å²) in [5.41, 5.74) is 2.27. The highest BCUT2D eigenvalue weighted by Gasteiger charge is 2.21. The molecular formula is C25H26BrN3O3. The number of piperazine rings is 1. The zero-order valence-corrected chi connectivity index (χ0v) is 19.8. The number of nitrogens with zero attached hydrogens (tertiary/aromatic N) is 2. The van der Waals surface area contributed by atoms with Crippen LogP contribution in [-0.2, 0) is 4.79 Å². The van der Waals surface area contributed by atoms with Gasteiger partial charge < -0.3 is 19.9 Å². The van der Waals surface area contributed by atoms with Crippen molar-refractivity contribution in [3.8, 4) is 5.75 Å². The van der Waals surface area contributed by atoms with Crippen molar-refractivity contribution in [3.63, 3.8) is 0 Å². The molecule has 1 saturated heterocycles. The lowest BCUT2D eigenvalue weighted by Gasteiger charge is -2.36. The molecule has 6 nitrogen and oxygen atoms in total. The van der Waals surface area contributed by atoms with E-state index in [-0.39, 0.29) is 11.8 Å². The summed E-state index contributed by atoms with van der Waals surface area (Å²) in [6.45, 7) is 4.98. The van der Waals surface area contributed by atoms with E-state index in [9.17, 15) is 9.59 Å². The molecule has 1 aliphatic heterocycles. The van der Waals surface area contributed by atoms with Gasteiger partial charge >= 0.3 is 0 Å². The normalized spacial score (nSPS) is 13.8. The Labute approximate surface area is 196 Å². The van der Waals surface area contributed by atoms with Gasteiger partial charge in [-0.25, -0.2) is 0 Å². The van der Waals surface area contributed by atoms with Gasteiger partial charge in [0.05, 0.1) is 17.1 Å². The van der Waals surface area contributed by atoms with Crippen molar-refractivity contribution in [1.82, 2.24) is 4.90 Å². The molecular weight excluding hydrogens is 470 g/mol. The number of rotatable bonds is 5. The third kappa shape index (κ3) is 4.43. The lowest BCUT2D eigenvalue weighted by atomic mass is 10.0. The van der Waals surface area contributed by atoms with Crippen molar-refractivity contribution < 1.29 is 14.3 Å². The van der Waals surface area contributed by atoms with Crippen molar-refractivity contribution >= 4 is 49.9 Å². The van der Waals surface area contributed by atoms with Crippen molar-refractivity contribution in [3.05, 3.63) is 64.6 Å². The second kappa shape index (κ2) is 9.61. The van der Waals surface area contributed by atoms with Crippen molar-refractivity contribution in [2.24, 2.45) is 0 Å². The van der Waals surface area contributed by atoms with Gasteiger partial charge in [0, 0.05) is 44.0 Å². The Morgan fingerprint density at radius 1 is 1.03 bits per heavy atom. The molecule has 4 rings (SSSR count). The Hall–Kier alpha value is -3.06. The number of halogens is 1. The molecule has 0 radical (unpaired) electrons. The molecule has 32 heavy (non-hydrogen) atoms. The monoisotopic (exact) mass is 495 g/mol. The molecule has 0 spiro atoms. The van der Waals surface area contributed by atoms with Gasteiger partial charge in [0.2, 0.25) is 5.91 Å². The smallest absolute Gasteiger partial charge is 0.259 e. The number of nitrogens with one attached hydrogen (secondary N) is 1. The summed E-state index contributed by atoms with van der Waals surface area (Å²) in [4.78, 5) is 29.1. The summed E-state index contributed by atoms with van der Waals surface area (Å²) in [6, 6.07) is 17.5. The van der Waals surface area contributed by atoms with E-state index in [1.54, 1.807) is 7.11 Å². The number of carbonyl (C=O) groups excluding carboxylic acids is 2. The van der Waals surface area contributed by atoms with Crippen molar-refractivity contribution in [1.29, 1.82) is 0 Å². The third-order valence-electron chi connectivity index (χ3n) is 5.81. The Balaban J connectivity index is 1.47. The first kappa shape index (κ1) is 22.1. The Morgan fingerprint density at radius 3 is 2.38 bits per heavy atom. The number of ether oxygens (including phenoxy) is 1. The van der Waals surface area contributed by atoms with Crippen LogP contribution in [0.15, 0.2) is 59.1 Å². The maximum atomic E-state index is 13.0. The number of fused-ring (bicyclic) bond motifs is 1. The summed E-state index contributed by atoms with van der Waals surface area (Å²) in [7, 11) is 1.56. The molecule has 0 bridgehead atoms. The first-order valence-electron chi connectivity index (χ1n) is 10.7. The molecule has 0 saturated carbocycles. The fourth-order valence-electron chi connectivity index (χ4n) is 4.04. The maximum absolute atomic E-state index is 13.0. The van der Waals surface area contributed by atoms with E-state index in [1.807, 2.05) is 66.4 Å². The number of amides is 2. The predicted molar refractivity (Wildman–Crippen MR) is 132 cm³/mol. The average molecular weight is 496 g/mol. The highest BCUT2D eigenvalue weighted by atomic mass is 79.9. The molecule has 166 valence electrons. The van der Waals surface area contributed by atoms with Gasteiger partial charge in [-0.15, -0.1) is 0 Å². The summed E-state index contributed by atoms with van der Waals surface area (Å²) in [5, 5.41) is 4.92. The van der Waals surface area contributed by atoms with Gasteiger partial charge in [0.15, 0.2) is 0 Å². The van der Waals surface area contributed by atoms with E-state index < -0.39 is 0 Å². The topological polar surface area (TPSA) is 61.9 Å². The minimum Gasteiger partial charge on any atom is -0.495 e. The molecule has 1 heterocycles. The zero-order chi connectivity index (χ0) is 22.7. The molecule has 1 fully saturated rings. The Bertz CT molecular complexity index is 1140. The highest BCUT2D eigenvalue weighted by molar-refractivity contribution is 9.10. The molecule has 2 amide bonds.